The lowest BCUT2D eigenvalue weighted by Crippen LogP contribution is -2.46. The Kier molecular flexibility index (Phi) is 5.02. The summed E-state index contributed by atoms with van der Waals surface area (Å²) < 4.78 is 0. The van der Waals surface area contributed by atoms with Crippen molar-refractivity contribution in [1.29, 1.82) is 0 Å². The summed E-state index contributed by atoms with van der Waals surface area (Å²) in [6.07, 6.45) is 3.59. The molecule has 0 radical (unpaired) electrons. The fraction of sp³-hybridized carbons (Fsp3) is 0.192. The molecule has 0 saturated carbocycles. The molecule has 0 unspecified atom stereocenters. The van der Waals surface area contributed by atoms with Gasteiger partial charge in [-0.1, -0.05) is 54.6 Å². The van der Waals surface area contributed by atoms with Crippen LogP contribution in [-0.2, 0) is 6.54 Å². The van der Waals surface area contributed by atoms with Crippen LogP contribution in [0.15, 0.2) is 79.3 Å². The highest BCUT2D eigenvalue weighted by atomic mass is 32.1. The Morgan fingerprint density at radius 3 is 2.53 bits per heavy atom. The van der Waals surface area contributed by atoms with E-state index in [1.165, 1.54) is 21.4 Å². The quantitative estimate of drug-likeness (QED) is 0.385. The van der Waals surface area contributed by atoms with E-state index in [1.807, 2.05) is 12.3 Å². The largest absolute Gasteiger partial charge is 0.353 e. The van der Waals surface area contributed by atoms with Crippen LogP contribution in [0.25, 0.3) is 31.6 Å². The second-order valence-corrected chi connectivity index (χ2v) is 9.18. The third kappa shape index (κ3) is 3.61. The number of rotatable bonds is 4. The lowest BCUT2D eigenvalue weighted by atomic mass is 10.1. The van der Waals surface area contributed by atoms with Gasteiger partial charge in [-0.25, -0.2) is 9.97 Å². The van der Waals surface area contributed by atoms with E-state index in [4.69, 9.17) is 0 Å². The Morgan fingerprint density at radius 2 is 1.66 bits per heavy atom. The zero-order chi connectivity index (χ0) is 21.3. The predicted molar refractivity (Wildman–Crippen MR) is 132 cm³/mol. The summed E-state index contributed by atoms with van der Waals surface area (Å²) in [5.74, 6) is 1.06. The van der Waals surface area contributed by atoms with Crippen LogP contribution >= 0.6 is 11.3 Å². The molecule has 6 rings (SSSR count). The minimum atomic E-state index is 0.929. The summed E-state index contributed by atoms with van der Waals surface area (Å²) in [6.45, 7) is 4.86. The first-order valence-corrected chi connectivity index (χ1v) is 11.8. The van der Waals surface area contributed by atoms with Crippen molar-refractivity contribution in [3.63, 3.8) is 0 Å². The topological polar surface area (TPSA) is 45.2 Å². The fourth-order valence-electron chi connectivity index (χ4n) is 4.49. The van der Waals surface area contributed by atoms with Crippen LogP contribution in [0.2, 0.25) is 0 Å². The van der Waals surface area contributed by atoms with Gasteiger partial charge < -0.3 is 4.90 Å². The SMILES string of the molecule is c1ccc(-c2cc3c(N4CCN(Cc5cccc6cccnc56)CC4)ncnc3s2)cc1. The van der Waals surface area contributed by atoms with Crippen LogP contribution in [0.1, 0.15) is 5.56 Å². The highest BCUT2D eigenvalue weighted by Crippen LogP contribution is 2.36. The van der Waals surface area contributed by atoms with E-state index in [-0.39, 0.29) is 0 Å². The van der Waals surface area contributed by atoms with Crippen LogP contribution in [0.4, 0.5) is 5.82 Å². The van der Waals surface area contributed by atoms with E-state index < -0.39 is 0 Å². The monoisotopic (exact) mass is 437 g/mol. The maximum absolute atomic E-state index is 4.68. The van der Waals surface area contributed by atoms with Gasteiger partial charge >= 0.3 is 0 Å². The van der Waals surface area contributed by atoms with Gasteiger partial charge in [0, 0.05) is 49.2 Å². The number of aromatic nitrogens is 3. The number of thiophene rings is 1. The first-order valence-electron chi connectivity index (χ1n) is 10.9. The van der Waals surface area contributed by atoms with Gasteiger partial charge in [0.15, 0.2) is 0 Å². The van der Waals surface area contributed by atoms with E-state index in [9.17, 15) is 0 Å². The van der Waals surface area contributed by atoms with E-state index >= 15 is 0 Å². The number of fused-ring (bicyclic) bond motifs is 2. The van der Waals surface area contributed by atoms with Crippen molar-refractivity contribution in [3.8, 4) is 10.4 Å². The van der Waals surface area contributed by atoms with Gasteiger partial charge in [0.25, 0.3) is 0 Å². The standard InChI is InChI=1S/C26H23N5S/c1-2-6-19(7-3-1)23-16-22-25(28-18-29-26(22)32-23)31-14-12-30(13-15-31)17-21-9-4-8-20-10-5-11-27-24(20)21/h1-11,16,18H,12-15,17H2. The number of pyridine rings is 1. The second kappa shape index (κ2) is 8.30. The molecule has 0 bridgehead atoms. The highest BCUT2D eigenvalue weighted by molar-refractivity contribution is 7.21. The van der Waals surface area contributed by atoms with Crippen LogP contribution in [0.3, 0.4) is 0 Å². The molecule has 0 atom stereocenters. The average Bonchev–Trinajstić information content (AvgIpc) is 3.30. The number of para-hydroxylation sites is 1. The van der Waals surface area contributed by atoms with Gasteiger partial charge in [0.1, 0.15) is 17.0 Å². The molecule has 158 valence electrons. The van der Waals surface area contributed by atoms with Crippen molar-refractivity contribution in [2.45, 2.75) is 6.54 Å². The van der Waals surface area contributed by atoms with Crippen molar-refractivity contribution in [2.24, 2.45) is 0 Å². The van der Waals surface area contributed by atoms with E-state index in [0.717, 1.165) is 54.3 Å². The number of hydrogen-bond donors (Lipinski definition) is 0. The van der Waals surface area contributed by atoms with Crippen LogP contribution < -0.4 is 4.90 Å². The molecule has 0 aliphatic carbocycles. The maximum Gasteiger partial charge on any atom is 0.140 e. The molecule has 0 N–H and O–H groups in total. The molecule has 1 fully saturated rings. The van der Waals surface area contributed by atoms with Gasteiger partial charge in [-0.15, -0.1) is 11.3 Å². The van der Waals surface area contributed by atoms with Crippen LogP contribution in [0, 0.1) is 0 Å². The summed E-state index contributed by atoms with van der Waals surface area (Å²) >= 11 is 1.74. The Bertz CT molecular complexity index is 1370. The zero-order valence-electron chi connectivity index (χ0n) is 17.7. The normalized spacial score (nSPS) is 14.9. The van der Waals surface area contributed by atoms with Crippen LogP contribution in [-0.4, -0.2) is 46.0 Å². The minimum absolute atomic E-state index is 0.929. The summed E-state index contributed by atoms with van der Waals surface area (Å²) in [5, 5.41) is 2.36. The van der Waals surface area contributed by atoms with Gasteiger partial charge in [0.05, 0.1) is 10.9 Å². The van der Waals surface area contributed by atoms with Crippen molar-refractivity contribution in [1.82, 2.24) is 19.9 Å². The van der Waals surface area contributed by atoms with Crippen molar-refractivity contribution >= 4 is 38.3 Å². The molecule has 5 aromatic rings. The first-order chi connectivity index (χ1) is 15.8. The van der Waals surface area contributed by atoms with E-state index in [0.29, 0.717) is 0 Å². The number of piperazine rings is 1. The summed E-state index contributed by atoms with van der Waals surface area (Å²) in [7, 11) is 0. The molecule has 5 nitrogen and oxygen atoms in total. The van der Waals surface area contributed by atoms with Crippen molar-refractivity contribution < 1.29 is 0 Å². The van der Waals surface area contributed by atoms with Crippen molar-refractivity contribution in [3.05, 3.63) is 84.8 Å². The molecule has 32 heavy (non-hydrogen) atoms. The molecular formula is C26H23N5S. The van der Waals surface area contributed by atoms with Gasteiger partial charge in [-0.2, -0.15) is 0 Å². The lowest BCUT2D eigenvalue weighted by Gasteiger charge is -2.35. The molecule has 2 aromatic carbocycles. The smallest absolute Gasteiger partial charge is 0.140 e. The Labute approximate surface area is 191 Å². The Morgan fingerprint density at radius 1 is 0.812 bits per heavy atom. The maximum atomic E-state index is 4.68. The number of benzene rings is 2. The van der Waals surface area contributed by atoms with Gasteiger partial charge in [-0.3, -0.25) is 9.88 Å². The molecule has 6 heteroatoms. The van der Waals surface area contributed by atoms with Crippen molar-refractivity contribution in [2.75, 3.05) is 31.1 Å². The molecule has 1 aliphatic heterocycles. The molecule has 3 aromatic heterocycles. The lowest BCUT2D eigenvalue weighted by molar-refractivity contribution is 0.250. The third-order valence-electron chi connectivity index (χ3n) is 6.15. The van der Waals surface area contributed by atoms with E-state index in [1.54, 1.807) is 17.7 Å². The first kappa shape index (κ1) is 19.3. The number of anilines is 1. The molecule has 0 amide bonds. The van der Waals surface area contributed by atoms with Gasteiger partial charge in [-0.05, 0) is 23.3 Å². The van der Waals surface area contributed by atoms with Crippen LogP contribution in [0.5, 0.6) is 0 Å². The van der Waals surface area contributed by atoms with Gasteiger partial charge in [0.2, 0.25) is 0 Å². The summed E-state index contributed by atoms with van der Waals surface area (Å²) in [4.78, 5) is 21.1. The minimum Gasteiger partial charge on any atom is -0.353 e. The average molecular weight is 438 g/mol. The Hall–Kier alpha value is -3.35. The number of nitrogens with zero attached hydrogens (tertiary/aromatic N) is 5. The van der Waals surface area contributed by atoms with E-state index in [2.05, 4.69) is 85.4 Å². The molecular weight excluding hydrogens is 414 g/mol. The zero-order valence-corrected chi connectivity index (χ0v) is 18.5. The molecule has 4 heterocycles. The summed E-state index contributed by atoms with van der Waals surface area (Å²) in [5.41, 5.74) is 3.64. The molecule has 0 spiro atoms. The molecule has 1 saturated heterocycles. The predicted octanol–water partition coefficient (Wildman–Crippen LogP) is 5.23. The number of hydrogen-bond acceptors (Lipinski definition) is 6. The third-order valence-corrected chi connectivity index (χ3v) is 7.24. The Balaban J connectivity index is 1.21. The fourth-order valence-corrected chi connectivity index (χ4v) is 5.49. The highest BCUT2D eigenvalue weighted by Gasteiger charge is 2.21. The molecule has 1 aliphatic rings. The second-order valence-electron chi connectivity index (χ2n) is 8.15. The summed E-state index contributed by atoms with van der Waals surface area (Å²) in [6, 6.07) is 23.4.